The van der Waals surface area contributed by atoms with Gasteiger partial charge in [0.25, 0.3) is 5.91 Å². The fourth-order valence-electron chi connectivity index (χ4n) is 3.78. The molecule has 6 N–H and O–H groups in total. The quantitative estimate of drug-likeness (QED) is 0.185. The summed E-state index contributed by atoms with van der Waals surface area (Å²) in [6.07, 6.45) is -4.73. The van der Waals surface area contributed by atoms with Gasteiger partial charge in [-0.3, -0.25) is 4.79 Å². The van der Waals surface area contributed by atoms with E-state index in [9.17, 15) is 27.9 Å². The molecule has 40 heavy (non-hydrogen) atoms. The lowest BCUT2D eigenvalue weighted by molar-refractivity contribution is -0.192. The van der Waals surface area contributed by atoms with Gasteiger partial charge in [0.15, 0.2) is 0 Å². The van der Waals surface area contributed by atoms with Crippen molar-refractivity contribution in [3.8, 4) is 11.1 Å². The number of carbonyl (C=O) groups excluding carboxylic acids is 1. The number of alkyl halides is 3. The SMILES string of the molecule is CC(C)C[C@H](NC(=O)c1ccc(NC[C@@H](N)CS)cc1-c1cccc2ccccc12)C(=O)O.O=C(O)C(F)(F)F. The van der Waals surface area contributed by atoms with Gasteiger partial charge < -0.3 is 26.6 Å². The van der Waals surface area contributed by atoms with E-state index >= 15 is 0 Å². The Labute approximate surface area is 235 Å². The molecular formula is C28H32F3N3O5S. The van der Waals surface area contributed by atoms with Gasteiger partial charge in [0.2, 0.25) is 0 Å². The molecule has 3 aromatic carbocycles. The highest BCUT2D eigenvalue weighted by Crippen LogP contribution is 2.33. The second-order valence-electron chi connectivity index (χ2n) is 9.41. The lowest BCUT2D eigenvalue weighted by Gasteiger charge is -2.19. The van der Waals surface area contributed by atoms with Crippen LogP contribution in [0.3, 0.4) is 0 Å². The Balaban J connectivity index is 0.000000708. The van der Waals surface area contributed by atoms with E-state index in [1.165, 1.54) is 0 Å². The maximum atomic E-state index is 13.3. The van der Waals surface area contributed by atoms with Gasteiger partial charge in [-0.25, -0.2) is 9.59 Å². The van der Waals surface area contributed by atoms with Crippen LogP contribution in [0.1, 0.15) is 30.6 Å². The molecule has 0 radical (unpaired) electrons. The van der Waals surface area contributed by atoms with Gasteiger partial charge in [0.1, 0.15) is 6.04 Å². The van der Waals surface area contributed by atoms with E-state index in [1.54, 1.807) is 6.07 Å². The first-order valence-corrected chi connectivity index (χ1v) is 12.9. The summed E-state index contributed by atoms with van der Waals surface area (Å²) in [5.74, 6) is -3.53. The average Bonchev–Trinajstić information content (AvgIpc) is 2.90. The van der Waals surface area contributed by atoms with Gasteiger partial charge in [-0.15, -0.1) is 0 Å². The van der Waals surface area contributed by atoms with Crippen molar-refractivity contribution < 1.29 is 37.8 Å². The Hall–Kier alpha value is -3.77. The number of fused-ring (bicyclic) bond motifs is 1. The predicted molar refractivity (Wildman–Crippen MR) is 152 cm³/mol. The zero-order valence-electron chi connectivity index (χ0n) is 21.9. The number of thiol groups is 1. The van der Waals surface area contributed by atoms with E-state index in [0.29, 0.717) is 24.3 Å². The van der Waals surface area contributed by atoms with Crippen LogP contribution in [0, 0.1) is 5.92 Å². The van der Waals surface area contributed by atoms with Gasteiger partial charge in [0, 0.05) is 29.6 Å². The van der Waals surface area contributed by atoms with Gasteiger partial charge in [-0.2, -0.15) is 25.8 Å². The number of carboxylic acids is 2. The van der Waals surface area contributed by atoms with Crippen LogP contribution in [0.4, 0.5) is 18.9 Å². The molecule has 8 nitrogen and oxygen atoms in total. The Morgan fingerprint density at radius 2 is 1.60 bits per heavy atom. The van der Waals surface area contributed by atoms with Crippen molar-refractivity contribution >= 4 is 46.9 Å². The maximum absolute atomic E-state index is 13.3. The normalized spacial score (nSPS) is 12.7. The highest BCUT2D eigenvalue weighted by atomic mass is 32.1. The first kappa shape index (κ1) is 32.4. The second kappa shape index (κ2) is 14.6. The molecular weight excluding hydrogens is 547 g/mol. The second-order valence-corrected chi connectivity index (χ2v) is 9.77. The number of halogens is 3. The fourth-order valence-corrected chi connectivity index (χ4v) is 3.91. The molecule has 0 saturated carbocycles. The number of amides is 1. The van der Waals surface area contributed by atoms with Gasteiger partial charge in [0.05, 0.1) is 0 Å². The predicted octanol–water partition coefficient (Wildman–Crippen LogP) is 5.04. The van der Waals surface area contributed by atoms with E-state index in [1.807, 2.05) is 68.4 Å². The summed E-state index contributed by atoms with van der Waals surface area (Å²) in [5, 5.41) is 24.8. The van der Waals surface area contributed by atoms with Crippen molar-refractivity contribution in [2.24, 2.45) is 11.7 Å². The number of benzene rings is 3. The molecule has 0 heterocycles. The zero-order chi connectivity index (χ0) is 30.0. The Morgan fingerprint density at radius 3 is 2.17 bits per heavy atom. The summed E-state index contributed by atoms with van der Waals surface area (Å²) in [4.78, 5) is 33.9. The molecule has 0 aliphatic carbocycles. The molecule has 0 saturated heterocycles. The standard InChI is InChI=1S/C26H31N3O3S.C2HF3O2/c1-16(2)12-24(26(31)32)29-25(30)22-11-10-19(28-14-18(27)15-33)13-23(22)21-9-5-7-17-6-3-4-8-20(17)21;3-2(4,5)1(6)7/h3-11,13,16,18,24,28,33H,12,14-15,27H2,1-2H3,(H,29,30)(H,31,32);(H,6,7)/t18-,24+;/m1./s1. The first-order valence-electron chi connectivity index (χ1n) is 12.3. The number of carbonyl (C=O) groups is 3. The van der Waals surface area contributed by atoms with Crippen LogP contribution in [-0.2, 0) is 9.59 Å². The van der Waals surface area contributed by atoms with Crippen LogP contribution in [0.15, 0.2) is 60.7 Å². The number of carboxylic acid groups (broad SMARTS) is 2. The van der Waals surface area contributed by atoms with Crippen molar-refractivity contribution in [2.75, 3.05) is 17.6 Å². The summed E-state index contributed by atoms with van der Waals surface area (Å²) in [6.45, 7) is 4.40. The van der Waals surface area contributed by atoms with Gasteiger partial charge in [-0.05, 0) is 52.4 Å². The summed E-state index contributed by atoms with van der Waals surface area (Å²) in [6, 6.07) is 18.3. The summed E-state index contributed by atoms with van der Waals surface area (Å²) < 4.78 is 31.7. The molecule has 1 amide bonds. The Morgan fingerprint density at radius 1 is 0.975 bits per heavy atom. The topological polar surface area (TPSA) is 142 Å². The number of hydrogen-bond donors (Lipinski definition) is 6. The molecule has 12 heteroatoms. The molecule has 0 fully saturated rings. The van der Waals surface area contributed by atoms with Gasteiger partial charge >= 0.3 is 18.1 Å². The molecule has 3 aromatic rings. The molecule has 0 aliphatic heterocycles. The van der Waals surface area contributed by atoms with E-state index in [0.717, 1.165) is 27.6 Å². The van der Waals surface area contributed by atoms with Crippen molar-refractivity contribution in [2.45, 2.75) is 38.5 Å². The lowest BCUT2D eigenvalue weighted by Crippen LogP contribution is -2.41. The third-order valence-electron chi connectivity index (χ3n) is 5.70. The van der Waals surface area contributed by atoms with E-state index in [2.05, 4.69) is 23.3 Å². The van der Waals surface area contributed by atoms with E-state index in [-0.39, 0.29) is 12.0 Å². The smallest absolute Gasteiger partial charge is 0.480 e. The van der Waals surface area contributed by atoms with Crippen LogP contribution in [0.5, 0.6) is 0 Å². The van der Waals surface area contributed by atoms with Gasteiger partial charge in [-0.1, -0.05) is 56.3 Å². The zero-order valence-corrected chi connectivity index (χ0v) is 22.8. The highest BCUT2D eigenvalue weighted by Gasteiger charge is 2.38. The number of nitrogens with one attached hydrogen (secondary N) is 2. The fraction of sp³-hybridized carbons (Fsp3) is 0.321. The van der Waals surface area contributed by atoms with Crippen molar-refractivity contribution in [3.05, 3.63) is 66.2 Å². The molecule has 0 unspecified atom stereocenters. The van der Waals surface area contributed by atoms with E-state index in [4.69, 9.17) is 15.6 Å². The summed E-state index contributed by atoms with van der Waals surface area (Å²) in [7, 11) is 0. The molecule has 0 aromatic heterocycles. The molecule has 0 spiro atoms. The lowest BCUT2D eigenvalue weighted by atomic mass is 9.93. The van der Waals surface area contributed by atoms with Crippen molar-refractivity contribution in [1.29, 1.82) is 0 Å². The molecule has 0 aliphatic rings. The summed E-state index contributed by atoms with van der Waals surface area (Å²) in [5.41, 5.74) is 8.85. The minimum Gasteiger partial charge on any atom is -0.480 e. The van der Waals surface area contributed by atoms with Crippen molar-refractivity contribution in [3.63, 3.8) is 0 Å². The number of rotatable bonds is 10. The molecule has 2 atom stereocenters. The Bertz CT molecular complexity index is 1330. The van der Waals surface area contributed by atoms with Crippen LogP contribution < -0.4 is 16.4 Å². The van der Waals surface area contributed by atoms with Crippen molar-refractivity contribution in [1.82, 2.24) is 5.32 Å². The molecule has 0 bridgehead atoms. The first-order chi connectivity index (χ1) is 18.7. The maximum Gasteiger partial charge on any atom is 0.490 e. The number of aliphatic carboxylic acids is 2. The minimum atomic E-state index is -5.08. The largest absolute Gasteiger partial charge is 0.490 e. The minimum absolute atomic E-state index is 0.107. The third kappa shape index (κ3) is 9.45. The number of hydrogen-bond acceptors (Lipinski definition) is 6. The monoisotopic (exact) mass is 579 g/mol. The van der Waals surface area contributed by atoms with Crippen LogP contribution in [0.2, 0.25) is 0 Å². The molecule has 216 valence electrons. The van der Waals surface area contributed by atoms with Crippen LogP contribution >= 0.6 is 12.6 Å². The number of anilines is 1. The average molecular weight is 580 g/mol. The molecule has 3 rings (SSSR count). The summed E-state index contributed by atoms with van der Waals surface area (Å²) >= 11 is 4.23. The Kier molecular flexibility index (Phi) is 11.8. The van der Waals surface area contributed by atoms with Crippen LogP contribution in [0.25, 0.3) is 21.9 Å². The number of nitrogens with two attached hydrogens (primary N) is 1. The third-order valence-corrected chi connectivity index (χ3v) is 6.17. The highest BCUT2D eigenvalue weighted by molar-refractivity contribution is 7.80. The van der Waals surface area contributed by atoms with E-state index < -0.39 is 30.1 Å². The van der Waals surface area contributed by atoms with Crippen LogP contribution in [-0.4, -0.2) is 58.6 Å².